The summed E-state index contributed by atoms with van der Waals surface area (Å²) < 4.78 is 11.2. The summed E-state index contributed by atoms with van der Waals surface area (Å²) in [5, 5.41) is 13.2. The molecule has 0 aromatic carbocycles. The van der Waals surface area contributed by atoms with Gasteiger partial charge in [0.05, 0.1) is 12.0 Å². The number of hydrogen-bond acceptors (Lipinski definition) is 7. The number of aliphatic hydroxyl groups excluding tert-OH is 1. The summed E-state index contributed by atoms with van der Waals surface area (Å²) in [6.45, 7) is 4.37. The van der Waals surface area contributed by atoms with Gasteiger partial charge in [-0.3, -0.25) is 4.79 Å². The van der Waals surface area contributed by atoms with E-state index in [-0.39, 0.29) is 25.0 Å². The lowest BCUT2D eigenvalue weighted by Gasteiger charge is -2.21. The summed E-state index contributed by atoms with van der Waals surface area (Å²) in [7, 11) is 0. The quantitative estimate of drug-likeness (QED) is 0.502. The van der Waals surface area contributed by atoms with Gasteiger partial charge in [0.2, 0.25) is 0 Å². The Morgan fingerprint density at radius 3 is 2.71 bits per heavy atom. The Kier molecular flexibility index (Phi) is 10.8. The number of hydrogen-bond donors (Lipinski definition) is 2. The van der Waals surface area contributed by atoms with E-state index < -0.39 is 30.1 Å². The van der Waals surface area contributed by atoms with Gasteiger partial charge in [0, 0.05) is 26.0 Å². The minimum Gasteiger partial charge on any atom is -0.446 e. The average molecular weight is 441 g/mol. The molecule has 1 heterocycles. The molecule has 2 N–H and O–H groups in total. The van der Waals surface area contributed by atoms with Crippen molar-refractivity contribution >= 4 is 18.0 Å². The zero-order chi connectivity index (χ0) is 22.6. The summed E-state index contributed by atoms with van der Waals surface area (Å²) in [6, 6.07) is 0. The number of rotatable bonds is 10. The molecule has 0 radical (unpaired) electrons. The predicted molar refractivity (Wildman–Crippen MR) is 112 cm³/mol. The summed E-state index contributed by atoms with van der Waals surface area (Å²) in [5.41, 5.74) is 0. The van der Waals surface area contributed by atoms with Crippen molar-refractivity contribution in [3.63, 3.8) is 0 Å². The van der Waals surface area contributed by atoms with Crippen LogP contribution in [0, 0.1) is 5.92 Å². The first-order chi connectivity index (χ1) is 14.9. The molecule has 2 aliphatic rings. The van der Waals surface area contributed by atoms with Crippen LogP contribution in [0.2, 0.25) is 0 Å². The Labute approximate surface area is 184 Å². The normalized spacial score (nSPS) is 24.6. The highest BCUT2D eigenvalue weighted by Crippen LogP contribution is 2.19. The van der Waals surface area contributed by atoms with Crippen LogP contribution in [0.3, 0.4) is 0 Å². The molecule has 0 bridgehead atoms. The molecule has 1 fully saturated rings. The molecule has 9 heteroatoms. The molecule has 31 heavy (non-hydrogen) atoms. The molecular weight excluding hydrogens is 404 g/mol. The Morgan fingerprint density at radius 1 is 1.19 bits per heavy atom. The minimum absolute atomic E-state index is 0.0307. The summed E-state index contributed by atoms with van der Waals surface area (Å²) in [4.78, 5) is 40.6. The van der Waals surface area contributed by atoms with Gasteiger partial charge in [-0.15, -0.1) is 5.06 Å². The average Bonchev–Trinajstić information content (AvgIpc) is 3.01. The predicted octanol–water partition coefficient (Wildman–Crippen LogP) is 2.82. The van der Waals surface area contributed by atoms with Crippen LogP contribution in [0.1, 0.15) is 71.6 Å². The number of ether oxygens (including phenoxy) is 2. The van der Waals surface area contributed by atoms with E-state index in [4.69, 9.17) is 14.3 Å². The molecule has 0 aromatic rings. The maximum absolute atomic E-state index is 12.1. The smallest absolute Gasteiger partial charge is 0.407 e. The van der Waals surface area contributed by atoms with E-state index in [9.17, 15) is 19.5 Å². The fraction of sp³-hybridized carbons (Fsp3) is 0.773. The summed E-state index contributed by atoms with van der Waals surface area (Å²) in [5.74, 6) is -1.44. The van der Waals surface area contributed by atoms with E-state index in [1.54, 1.807) is 6.92 Å². The van der Waals surface area contributed by atoms with Crippen molar-refractivity contribution in [2.45, 2.75) is 90.1 Å². The van der Waals surface area contributed by atoms with Gasteiger partial charge >= 0.3 is 12.1 Å². The number of nitrogens with zero attached hydrogens (tertiary/aromatic N) is 1. The molecule has 9 nitrogen and oxygen atoms in total. The molecule has 2 rings (SSSR count). The maximum Gasteiger partial charge on any atom is 0.407 e. The first-order valence-electron chi connectivity index (χ1n) is 11.3. The second-order valence-corrected chi connectivity index (χ2v) is 8.24. The van der Waals surface area contributed by atoms with Crippen LogP contribution >= 0.6 is 0 Å². The van der Waals surface area contributed by atoms with E-state index in [0.717, 1.165) is 37.2 Å². The molecule has 0 spiro atoms. The zero-order valence-electron chi connectivity index (χ0n) is 18.6. The number of hydroxylamine groups is 2. The summed E-state index contributed by atoms with van der Waals surface area (Å²) in [6.07, 6.45) is 8.95. The zero-order valence-corrected chi connectivity index (χ0v) is 18.6. The highest BCUT2D eigenvalue weighted by Gasteiger charge is 2.34. The van der Waals surface area contributed by atoms with Crippen molar-refractivity contribution in [3.05, 3.63) is 12.2 Å². The van der Waals surface area contributed by atoms with Gasteiger partial charge in [-0.1, -0.05) is 19.1 Å². The van der Waals surface area contributed by atoms with E-state index in [1.807, 2.05) is 6.92 Å². The van der Waals surface area contributed by atoms with Crippen molar-refractivity contribution in [1.82, 2.24) is 10.4 Å². The van der Waals surface area contributed by atoms with Crippen molar-refractivity contribution in [1.29, 1.82) is 0 Å². The van der Waals surface area contributed by atoms with Crippen LogP contribution < -0.4 is 5.32 Å². The number of amides is 2. The first kappa shape index (κ1) is 25.1. The van der Waals surface area contributed by atoms with E-state index in [0.29, 0.717) is 26.0 Å². The molecule has 176 valence electrons. The lowest BCUT2D eigenvalue weighted by molar-refractivity contribution is -0.223. The molecule has 0 saturated carbocycles. The monoisotopic (exact) mass is 440 g/mol. The van der Waals surface area contributed by atoms with E-state index in [1.165, 1.54) is 0 Å². The Balaban J connectivity index is 1.54. The van der Waals surface area contributed by atoms with Gasteiger partial charge in [-0.25, -0.2) is 9.59 Å². The van der Waals surface area contributed by atoms with Crippen LogP contribution in [-0.2, 0) is 23.9 Å². The van der Waals surface area contributed by atoms with Gasteiger partial charge < -0.3 is 24.7 Å². The van der Waals surface area contributed by atoms with E-state index in [2.05, 4.69) is 17.5 Å². The number of nitrogens with one attached hydrogen (secondary N) is 1. The lowest BCUT2D eigenvalue weighted by atomic mass is 10.0. The second kappa shape index (κ2) is 13.3. The van der Waals surface area contributed by atoms with Gasteiger partial charge in [0.1, 0.15) is 6.10 Å². The van der Waals surface area contributed by atoms with Crippen LogP contribution in [-0.4, -0.2) is 59.7 Å². The van der Waals surface area contributed by atoms with Crippen LogP contribution in [0.15, 0.2) is 12.2 Å². The highest BCUT2D eigenvalue weighted by atomic mass is 16.7. The first-order valence-corrected chi connectivity index (χ1v) is 11.3. The maximum atomic E-state index is 12.1. The molecule has 0 aromatic heterocycles. The standard InChI is InChI=1S/C22H36N2O7/c1-16(21(27)31-24-19(25)10-11-20(24)26)13-15-29-17(2)12-14-23-22(28)30-18-8-6-4-3-5-7-9-18/h3-4,16-19,25H,5-15H2,1-2H3,(H,23,28)/b4-3+. The number of alkyl carbamates (subject to hydrolysis) is 1. The van der Waals surface area contributed by atoms with Crippen molar-refractivity contribution in [2.75, 3.05) is 13.2 Å². The molecule has 1 aliphatic carbocycles. The molecule has 1 saturated heterocycles. The third-order valence-electron chi connectivity index (χ3n) is 5.49. The highest BCUT2D eigenvalue weighted by molar-refractivity contribution is 5.80. The van der Waals surface area contributed by atoms with Crippen LogP contribution in [0.5, 0.6) is 0 Å². The van der Waals surface area contributed by atoms with Gasteiger partial charge in [-0.2, -0.15) is 0 Å². The molecule has 4 unspecified atom stereocenters. The van der Waals surface area contributed by atoms with Crippen LogP contribution in [0.25, 0.3) is 0 Å². The number of allylic oxidation sites excluding steroid dienone is 2. The lowest BCUT2D eigenvalue weighted by Crippen LogP contribution is -2.37. The summed E-state index contributed by atoms with van der Waals surface area (Å²) >= 11 is 0. The van der Waals surface area contributed by atoms with Crippen molar-refractivity contribution in [2.24, 2.45) is 5.92 Å². The molecule has 1 aliphatic heterocycles. The number of carbonyl (C=O) groups is 3. The molecular formula is C22H36N2O7. The third-order valence-corrected chi connectivity index (χ3v) is 5.49. The van der Waals surface area contributed by atoms with Gasteiger partial charge in [0.25, 0.3) is 5.91 Å². The Bertz CT molecular complexity index is 625. The fourth-order valence-electron chi connectivity index (χ4n) is 3.41. The Morgan fingerprint density at radius 2 is 1.97 bits per heavy atom. The third kappa shape index (κ3) is 9.26. The van der Waals surface area contributed by atoms with Gasteiger partial charge in [0.15, 0.2) is 6.23 Å². The SMILES string of the molecule is CC(CCNC(=O)OC1CC/C=C/CCC1)OCCC(C)C(=O)ON1C(=O)CCC1O. The number of carbonyl (C=O) groups excluding carboxylic acids is 3. The fourth-order valence-corrected chi connectivity index (χ4v) is 3.41. The van der Waals surface area contributed by atoms with Crippen LogP contribution in [0.4, 0.5) is 4.79 Å². The van der Waals surface area contributed by atoms with Crippen molar-refractivity contribution in [3.8, 4) is 0 Å². The number of aliphatic hydroxyl groups is 1. The minimum atomic E-state index is -1.07. The molecule has 2 amide bonds. The second-order valence-electron chi connectivity index (χ2n) is 8.24. The molecule has 4 atom stereocenters. The Hall–Kier alpha value is -2.13. The largest absolute Gasteiger partial charge is 0.446 e. The van der Waals surface area contributed by atoms with Crippen molar-refractivity contribution < 1.29 is 33.8 Å². The van der Waals surface area contributed by atoms with E-state index >= 15 is 0 Å². The topological polar surface area (TPSA) is 114 Å². The van der Waals surface area contributed by atoms with Gasteiger partial charge in [-0.05, 0) is 51.9 Å².